The zero-order valence-electron chi connectivity index (χ0n) is 17.9. The molecule has 0 unspecified atom stereocenters. The van der Waals surface area contributed by atoms with Gasteiger partial charge in [-0.3, -0.25) is 0 Å². The number of anilines is 1. The number of hydrogen-bond donors (Lipinski definition) is 1. The van der Waals surface area contributed by atoms with Gasteiger partial charge in [-0.15, -0.1) is 0 Å². The number of benzene rings is 2. The summed E-state index contributed by atoms with van der Waals surface area (Å²) >= 11 is 0. The Morgan fingerprint density at radius 3 is 2.29 bits per heavy atom. The Morgan fingerprint density at radius 2 is 1.65 bits per heavy atom. The monoisotopic (exact) mass is 410 g/mol. The van der Waals surface area contributed by atoms with Crippen molar-refractivity contribution in [2.45, 2.75) is 12.8 Å². The molecule has 0 saturated carbocycles. The molecule has 4 rings (SSSR count). The van der Waals surface area contributed by atoms with Crippen molar-refractivity contribution in [3.05, 3.63) is 72.4 Å². The smallest absolute Gasteiger partial charge is 0.229 e. The molecule has 0 spiro atoms. The first-order valence-corrected chi connectivity index (χ1v) is 10.5. The molecule has 2 heterocycles. The van der Waals surface area contributed by atoms with Crippen LogP contribution in [0.1, 0.15) is 18.4 Å². The molecule has 31 heavy (non-hydrogen) atoms. The minimum atomic E-state index is 0.526. The number of pyridine rings is 1. The molecule has 0 bridgehead atoms. The van der Waals surface area contributed by atoms with Gasteiger partial charge in [0.15, 0.2) is 0 Å². The minimum Gasteiger partial charge on any atom is -0.437 e. The van der Waals surface area contributed by atoms with E-state index in [2.05, 4.69) is 47.5 Å². The molecule has 5 heteroatoms. The number of nitrogens with zero attached hydrogens (tertiary/aromatic N) is 3. The van der Waals surface area contributed by atoms with Gasteiger partial charge in [0.1, 0.15) is 11.8 Å². The number of nitriles is 1. The van der Waals surface area contributed by atoms with Gasteiger partial charge in [-0.1, -0.05) is 60.7 Å². The number of unbranched alkanes of at least 4 members (excludes halogenated alkanes) is 1. The van der Waals surface area contributed by atoms with Crippen molar-refractivity contribution in [2.75, 3.05) is 32.5 Å². The van der Waals surface area contributed by atoms with Gasteiger partial charge in [-0.2, -0.15) is 5.26 Å². The van der Waals surface area contributed by atoms with Crippen LogP contribution in [0.5, 0.6) is 0 Å². The lowest BCUT2D eigenvalue weighted by atomic mass is 9.97. The van der Waals surface area contributed by atoms with Crippen molar-refractivity contribution in [3.8, 4) is 28.5 Å². The molecule has 2 aromatic carbocycles. The molecule has 5 nitrogen and oxygen atoms in total. The summed E-state index contributed by atoms with van der Waals surface area (Å²) in [5, 5.41) is 14.1. The fourth-order valence-electron chi connectivity index (χ4n) is 3.77. The highest BCUT2D eigenvalue weighted by Crippen LogP contribution is 2.44. The van der Waals surface area contributed by atoms with Gasteiger partial charge >= 0.3 is 0 Å². The molecule has 4 aromatic rings. The first-order valence-electron chi connectivity index (χ1n) is 10.5. The van der Waals surface area contributed by atoms with E-state index in [4.69, 9.17) is 4.42 Å². The van der Waals surface area contributed by atoms with Crippen molar-refractivity contribution in [1.82, 2.24) is 9.88 Å². The van der Waals surface area contributed by atoms with Gasteiger partial charge in [0.2, 0.25) is 5.71 Å². The molecule has 0 radical (unpaired) electrons. The zero-order valence-corrected chi connectivity index (χ0v) is 17.9. The van der Waals surface area contributed by atoms with Crippen LogP contribution in [-0.4, -0.2) is 37.1 Å². The van der Waals surface area contributed by atoms with Crippen molar-refractivity contribution in [3.63, 3.8) is 0 Å². The minimum absolute atomic E-state index is 0.526. The maximum absolute atomic E-state index is 9.77. The van der Waals surface area contributed by atoms with Crippen LogP contribution >= 0.6 is 0 Å². The second-order valence-electron chi connectivity index (χ2n) is 7.81. The number of nitrogens with one attached hydrogen (secondary N) is 1. The number of furan rings is 1. The predicted octanol–water partition coefficient (Wildman–Crippen LogP) is 5.79. The number of hydrogen-bond acceptors (Lipinski definition) is 5. The lowest BCUT2D eigenvalue weighted by molar-refractivity contribution is 0.396. The summed E-state index contributed by atoms with van der Waals surface area (Å²) in [6.45, 7) is 1.82. The molecule has 0 aliphatic carbocycles. The van der Waals surface area contributed by atoms with Crippen LogP contribution < -0.4 is 5.32 Å². The van der Waals surface area contributed by atoms with Crippen LogP contribution in [0.3, 0.4) is 0 Å². The van der Waals surface area contributed by atoms with Crippen LogP contribution in [0.15, 0.2) is 71.3 Å². The van der Waals surface area contributed by atoms with Gasteiger partial charge in [0.25, 0.3) is 0 Å². The topological polar surface area (TPSA) is 65.1 Å². The van der Waals surface area contributed by atoms with Crippen LogP contribution in [-0.2, 0) is 0 Å². The van der Waals surface area contributed by atoms with Crippen molar-refractivity contribution < 1.29 is 4.42 Å². The molecule has 0 atom stereocenters. The van der Waals surface area contributed by atoms with Crippen LogP contribution in [0.4, 0.5) is 5.69 Å². The van der Waals surface area contributed by atoms with E-state index in [1.807, 2.05) is 48.5 Å². The molecular formula is C26H26N4O. The Kier molecular flexibility index (Phi) is 6.30. The van der Waals surface area contributed by atoms with Crippen LogP contribution in [0, 0.1) is 11.3 Å². The fourth-order valence-corrected chi connectivity index (χ4v) is 3.77. The summed E-state index contributed by atoms with van der Waals surface area (Å²) in [7, 11) is 4.16. The van der Waals surface area contributed by atoms with Crippen molar-refractivity contribution >= 4 is 16.8 Å². The van der Waals surface area contributed by atoms with Gasteiger partial charge in [-0.25, -0.2) is 4.98 Å². The van der Waals surface area contributed by atoms with E-state index in [0.717, 1.165) is 59.5 Å². The van der Waals surface area contributed by atoms with Gasteiger partial charge in [-0.05, 0) is 39.0 Å². The maximum Gasteiger partial charge on any atom is 0.229 e. The number of rotatable bonds is 8. The maximum atomic E-state index is 9.77. The Bertz CT molecular complexity index is 1190. The fraction of sp³-hybridized carbons (Fsp3) is 0.231. The summed E-state index contributed by atoms with van der Waals surface area (Å²) in [5.74, 6) is 0.764. The summed E-state index contributed by atoms with van der Waals surface area (Å²) in [6.07, 6.45) is 3.69. The first kappa shape index (κ1) is 20.6. The largest absolute Gasteiger partial charge is 0.437 e. The molecule has 0 aliphatic heterocycles. The third-order valence-corrected chi connectivity index (χ3v) is 5.27. The van der Waals surface area contributed by atoms with Crippen LogP contribution in [0.25, 0.3) is 33.6 Å². The van der Waals surface area contributed by atoms with E-state index in [1.54, 1.807) is 6.20 Å². The molecule has 0 aliphatic rings. The SMILES string of the molecule is CN(C)CCCCNc1c(C#N)cnc2oc(-c3ccccc3)c(-c3ccccc3)c12. The molecule has 0 saturated heterocycles. The quantitative estimate of drug-likeness (QED) is 0.373. The lowest BCUT2D eigenvalue weighted by Crippen LogP contribution is -2.14. The predicted molar refractivity (Wildman–Crippen MR) is 126 cm³/mol. The number of aromatic nitrogens is 1. The van der Waals surface area contributed by atoms with Gasteiger partial charge < -0.3 is 14.6 Å². The van der Waals surface area contributed by atoms with Gasteiger partial charge in [0, 0.05) is 17.7 Å². The van der Waals surface area contributed by atoms with E-state index in [9.17, 15) is 5.26 Å². The average molecular weight is 411 g/mol. The Balaban J connectivity index is 1.85. The normalized spacial score (nSPS) is 11.0. The third kappa shape index (κ3) is 4.45. The second-order valence-corrected chi connectivity index (χ2v) is 7.81. The molecule has 156 valence electrons. The summed E-state index contributed by atoms with van der Waals surface area (Å²) < 4.78 is 6.27. The molecule has 0 fully saturated rings. The average Bonchev–Trinajstić information content (AvgIpc) is 3.19. The Labute approximate surface area is 182 Å². The molecule has 1 N–H and O–H groups in total. The van der Waals surface area contributed by atoms with Gasteiger partial charge in [0.05, 0.1) is 22.8 Å². The summed E-state index contributed by atoms with van der Waals surface area (Å²) in [5.41, 5.74) is 4.83. The molecule has 2 aromatic heterocycles. The standard InChI is InChI=1S/C26H26N4O/c1-30(2)16-10-9-15-28-24-21(17-27)18-29-26-23(24)22(19-11-5-3-6-12-19)25(31-26)20-13-7-4-8-14-20/h3-8,11-14,18H,9-10,15-16H2,1-2H3,(H,28,29). The first-order chi connectivity index (χ1) is 15.2. The van der Waals surface area contributed by atoms with Crippen LogP contribution in [0.2, 0.25) is 0 Å². The zero-order chi connectivity index (χ0) is 21.6. The highest BCUT2D eigenvalue weighted by atomic mass is 16.3. The summed E-state index contributed by atoms with van der Waals surface area (Å²) in [6, 6.07) is 22.5. The van der Waals surface area contributed by atoms with Crippen molar-refractivity contribution in [2.24, 2.45) is 0 Å². The van der Waals surface area contributed by atoms with Crippen molar-refractivity contribution in [1.29, 1.82) is 5.26 Å². The van der Waals surface area contributed by atoms with E-state index in [-0.39, 0.29) is 0 Å². The third-order valence-electron chi connectivity index (χ3n) is 5.27. The molecular weight excluding hydrogens is 384 g/mol. The van der Waals surface area contributed by atoms with E-state index in [1.165, 1.54) is 0 Å². The number of fused-ring (bicyclic) bond motifs is 1. The second kappa shape index (κ2) is 9.46. The molecule has 0 amide bonds. The van der Waals surface area contributed by atoms with E-state index >= 15 is 0 Å². The summed E-state index contributed by atoms with van der Waals surface area (Å²) in [4.78, 5) is 6.66. The lowest BCUT2D eigenvalue weighted by Gasteiger charge is -2.12. The highest BCUT2D eigenvalue weighted by molar-refractivity contribution is 6.08. The Hall–Kier alpha value is -3.62. The van der Waals surface area contributed by atoms with E-state index < -0.39 is 0 Å². The Morgan fingerprint density at radius 1 is 0.968 bits per heavy atom. The van der Waals surface area contributed by atoms with E-state index in [0.29, 0.717) is 11.3 Å². The highest BCUT2D eigenvalue weighted by Gasteiger charge is 2.23.